The summed E-state index contributed by atoms with van der Waals surface area (Å²) in [6.45, 7) is 0.247. The number of rotatable bonds is 1. The van der Waals surface area contributed by atoms with Crippen LogP contribution in [-0.2, 0) is 4.74 Å². The molecule has 2 aliphatic heterocycles. The van der Waals surface area contributed by atoms with E-state index in [1.807, 2.05) is 0 Å². The largest absolute Gasteiger partial charge is 0.451 e. The maximum absolute atomic E-state index is 13.7. The van der Waals surface area contributed by atoms with Crippen LogP contribution in [0.25, 0.3) is 0 Å². The standard InChI is InChI=1S/C16H15FN2O4/c17-9-3-4-13-10(6-9)19(11-7-22-8-12(20)15(11)21)16-14(23-13)2-1-5-18-16/h1-6,11-12,15,20-21H,7-8H2/t11-,12-,15+/m0/s1. The van der Waals surface area contributed by atoms with Crippen LogP contribution in [0.3, 0.4) is 0 Å². The zero-order chi connectivity index (χ0) is 16.0. The third-order valence-corrected chi connectivity index (χ3v) is 4.08. The Labute approximate surface area is 131 Å². The van der Waals surface area contributed by atoms with Gasteiger partial charge in [-0.3, -0.25) is 0 Å². The van der Waals surface area contributed by atoms with Crippen molar-refractivity contribution in [1.82, 2.24) is 4.98 Å². The molecule has 2 N–H and O–H groups in total. The van der Waals surface area contributed by atoms with E-state index in [1.165, 1.54) is 18.2 Å². The summed E-state index contributed by atoms with van der Waals surface area (Å²) in [6, 6.07) is 7.03. The van der Waals surface area contributed by atoms with Gasteiger partial charge in [-0.05, 0) is 24.3 Å². The normalized spacial score (nSPS) is 26.2. The Hall–Kier alpha value is -2.22. The molecule has 3 atom stereocenters. The van der Waals surface area contributed by atoms with E-state index in [4.69, 9.17) is 9.47 Å². The predicted octanol–water partition coefficient (Wildman–Crippen LogP) is 1.59. The Bertz CT molecular complexity index is 742. The van der Waals surface area contributed by atoms with Crippen molar-refractivity contribution in [2.75, 3.05) is 18.1 Å². The van der Waals surface area contributed by atoms with E-state index < -0.39 is 24.1 Å². The highest BCUT2D eigenvalue weighted by molar-refractivity contribution is 5.76. The summed E-state index contributed by atoms with van der Waals surface area (Å²) >= 11 is 0. The third kappa shape index (κ3) is 2.33. The number of nitrogens with zero attached hydrogens (tertiary/aromatic N) is 2. The van der Waals surface area contributed by atoms with Crippen molar-refractivity contribution in [1.29, 1.82) is 0 Å². The number of ether oxygens (including phenoxy) is 2. The van der Waals surface area contributed by atoms with Crippen molar-refractivity contribution >= 4 is 11.5 Å². The minimum atomic E-state index is -1.05. The van der Waals surface area contributed by atoms with Crippen LogP contribution in [0.1, 0.15) is 0 Å². The molecule has 0 unspecified atom stereocenters. The zero-order valence-corrected chi connectivity index (χ0v) is 12.1. The number of hydrogen-bond donors (Lipinski definition) is 2. The van der Waals surface area contributed by atoms with Crippen LogP contribution < -0.4 is 9.64 Å². The van der Waals surface area contributed by atoms with E-state index >= 15 is 0 Å². The number of anilines is 2. The van der Waals surface area contributed by atoms with Gasteiger partial charge in [0.25, 0.3) is 0 Å². The van der Waals surface area contributed by atoms with Crippen molar-refractivity contribution in [3.63, 3.8) is 0 Å². The van der Waals surface area contributed by atoms with Crippen LogP contribution in [0.4, 0.5) is 15.9 Å². The summed E-state index contributed by atoms with van der Waals surface area (Å²) in [4.78, 5) is 5.97. The molecule has 1 fully saturated rings. The van der Waals surface area contributed by atoms with Gasteiger partial charge >= 0.3 is 0 Å². The van der Waals surface area contributed by atoms with Gasteiger partial charge in [0.1, 0.15) is 18.0 Å². The number of fused-ring (bicyclic) bond motifs is 2. The molecule has 4 rings (SSSR count). The molecular weight excluding hydrogens is 303 g/mol. The fourth-order valence-electron chi connectivity index (χ4n) is 2.97. The highest BCUT2D eigenvalue weighted by Crippen LogP contribution is 2.47. The smallest absolute Gasteiger partial charge is 0.177 e. The number of pyridine rings is 1. The Morgan fingerprint density at radius 2 is 2.04 bits per heavy atom. The number of halogens is 1. The number of aliphatic hydroxyl groups excluding tert-OH is 2. The molecule has 6 nitrogen and oxygen atoms in total. The van der Waals surface area contributed by atoms with Crippen LogP contribution in [0.15, 0.2) is 36.5 Å². The minimum absolute atomic E-state index is 0.0626. The van der Waals surface area contributed by atoms with E-state index in [1.54, 1.807) is 23.2 Å². The lowest BCUT2D eigenvalue weighted by molar-refractivity contribution is -0.0965. The summed E-state index contributed by atoms with van der Waals surface area (Å²) in [5.74, 6) is 0.980. The van der Waals surface area contributed by atoms with Gasteiger partial charge in [0, 0.05) is 12.3 Å². The lowest BCUT2D eigenvalue weighted by atomic mass is 10.0. The number of benzene rings is 1. The van der Waals surface area contributed by atoms with E-state index in [0.717, 1.165) is 0 Å². The maximum atomic E-state index is 13.7. The van der Waals surface area contributed by atoms with Gasteiger partial charge in [-0.1, -0.05) is 0 Å². The summed E-state index contributed by atoms with van der Waals surface area (Å²) in [7, 11) is 0. The topological polar surface area (TPSA) is 75.0 Å². The highest BCUT2D eigenvalue weighted by Gasteiger charge is 2.40. The van der Waals surface area contributed by atoms with Crippen molar-refractivity contribution < 1.29 is 24.1 Å². The molecule has 2 aliphatic rings. The van der Waals surface area contributed by atoms with Crippen LogP contribution in [0.5, 0.6) is 11.5 Å². The van der Waals surface area contributed by atoms with E-state index in [9.17, 15) is 14.6 Å². The molecule has 23 heavy (non-hydrogen) atoms. The van der Waals surface area contributed by atoms with Gasteiger partial charge in [0.2, 0.25) is 0 Å². The number of aliphatic hydroxyl groups is 2. The molecule has 0 amide bonds. The average molecular weight is 318 g/mol. The van der Waals surface area contributed by atoms with Crippen molar-refractivity contribution in [2.24, 2.45) is 0 Å². The predicted molar refractivity (Wildman–Crippen MR) is 79.5 cm³/mol. The third-order valence-electron chi connectivity index (χ3n) is 4.08. The molecule has 0 radical (unpaired) electrons. The maximum Gasteiger partial charge on any atom is 0.177 e. The zero-order valence-electron chi connectivity index (χ0n) is 12.1. The molecule has 7 heteroatoms. The van der Waals surface area contributed by atoms with Gasteiger partial charge in [-0.2, -0.15) is 0 Å². The molecule has 120 valence electrons. The quantitative estimate of drug-likeness (QED) is 0.832. The van der Waals surface area contributed by atoms with Gasteiger partial charge in [0.15, 0.2) is 17.3 Å². The van der Waals surface area contributed by atoms with Gasteiger partial charge in [-0.15, -0.1) is 0 Å². The molecular formula is C16H15FN2O4. The van der Waals surface area contributed by atoms with Gasteiger partial charge in [-0.25, -0.2) is 9.37 Å². The molecule has 1 saturated heterocycles. The van der Waals surface area contributed by atoms with Crippen LogP contribution in [0, 0.1) is 5.82 Å². The Kier molecular flexibility index (Phi) is 3.41. The molecule has 0 aliphatic carbocycles. The summed E-state index contributed by atoms with van der Waals surface area (Å²) in [5, 5.41) is 20.3. The molecule has 3 heterocycles. The lowest BCUT2D eigenvalue weighted by Gasteiger charge is -2.42. The SMILES string of the molecule is O[C@H]1[C@@H](O)COC[C@@H]1N1c2cc(F)ccc2Oc2cccnc21. The highest BCUT2D eigenvalue weighted by atomic mass is 19.1. The van der Waals surface area contributed by atoms with E-state index in [-0.39, 0.29) is 13.2 Å². The van der Waals surface area contributed by atoms with Crippen LogP contribution >= 0.6 is 0 Å². The number of aromatic nitrogens is 1. The molecule has 0 spiro atoms. The van der Waals surface area contributed by atoms with E-state index in [2.05, 4.69) is 4.98 Å². The van der Waals surface area contributed by atoms with E-state index in [0.29, 0.717) is 23.0 Å². The first-order valence-corrected chi connectivity index (χ1v) is 7.30. The first-order valence-electron chi connectivity index (χ1n) is 7.30. The Morgan fingerprint density at radius 1 is 1.17 bits per heavy atom. The second-order valence-electron chi connectivity index (χ2n) is 5.57. The first kappa shape index (κ1) is 14.4. The van der Waals surface area contributed by atoms with Crippen molar-refractivity contribution in [3.05, 3.63) is 42.3 Å². The van der Waals surface area contributed by atoms with Crippen molar-refractivity contribution in [2.45, 2.75) is 18.2 Å². The fourth-order valence-corrected chi connectivity index (χ4v) is 2.97. The first-order chi connectivity index (χ1) is 11.1. The summed E-state index contributed by atoms with van der Waals surface area (Å²) in [6.07, 6.45) is -0.472. The molecule has 2 aromatic rings. The fraction of sp³-hybridized carbons (Fsp3) is 0.312. The Morgan fingerprint density at radius 3 is 2.91 bits per heavy atom. The average Bonchev–Trinajstić information content (AvgIpc) is 2.56. The summed E-state index contributed by atoms with van der Waals surface area (Å²) < 4.78 is 24.9. The van der Waals surface area contributed by atoms with Gasteiger partial charge in [0.05, 0.1) is 24.9 Å². The lowest BCUT2D eigenvalue weighted by Crippen LogP contribution is -2.55. The molecule has 1 aromatic carbocycles. The Balaban J connectivity index is 1.86. The second kappa shape index (κ2) is 5.45. The van der Waals surface area contributed by atoms with Crippen LogP contribution in [-0.4, -0.2) is 46.7 Å². The minimum Gasteiger partial charge on any atom is -0.451 e. The van der Waals surface area contributed by atoms with Crippen LogP contribution in [0.2, 0.25) is 0 Å². The molecule has 1 aromatic heterocycles. The summed E-state index contributed by atoms with van der Waals surface area (Å²) in [5.41, 5.74) is 0.443. The molecule has 0 bridgehead atoms. The number of hydrogen-bond acceptors (Lipinski definition) is 6. The second-order valence-corrected chi connectivity index (χ2v) is 5.57. The molecule has 0 saturated carbocycles. The van der Waals surface area contributed by atoms with Crippen molar-refractivity contribution in [3.8, 4) is 11.5 Å². The van der Waals surface area contributed by atoms with Gasteiger partial charge < -0.3 is 24.6 Å². The monoisotopic (exact) mass is 318 g/mol.